The van der Waals surface area contributed by atoms with Gasteiger partial charge in [0, 0.05) is 25.2 Å². The highest BCUT2D eigenvalue weighted by molar-refractivity contribution is 7.89. The van der Waals surface area contributed by atoms with Crippen LogP contribution in [0.4, 0.5) is 11.4 Å². The van der Waals surface area contributed by atoms with Crippen LogP contribution in [0.3, 0.4) is 0 Å². The third kappa shape index (κ3) is 4.84. The summed E-state index contributed by atoms with van der Waals surface area (Å²) in [5, 5.41) is 3.35. The van der Waals surface area contributed by atoms with E-state index in [-0.39, 0.29) is 11.4 Å². The molecule has 28 heavy (non-hydrogen) atoms. The zero-order chi connectivity index (χ0) is 20.1. The molecule has 1 heterocycles. The van der Waals surface area contributed by atoms with Crippen LogP contribution in [0.2, 0.25) is 5.02 Å². The molecule has 1 aliphatic heterocycles. The number of sulfonamides is 1. The van der Waals surface area contributed by atoms with Gasteiger partial charge in [0.25, 0.3) is 0 Å². The normalized spacial score (nSPS) is 14.9. The molecule has 1 amide bonds. The molecule has 0 aromatic heterocycles. The fraction of sp³-hybridized carbons (Fsp3) is 0.350. The minimum atomic E-state index is -3.73. The molecule has 0 unspecified atom stereocenters. The predicted molar refractivity (Wildman–Crippen MR) is 112 cm³/mol. The van der Waals surface area contributed by atoms with Crippen molar-refractivity contribution in [1.29, 1.82) is 0 Å². The van der Waals surface area contributed by atoms with E-state index in [1.807, 2.05) is 6.07 Å². The lowest BCUT2D eigenvalue weighted by Gasteiger charge is -2.30. The molecule has 6 nitrogen and oxygen atoms in total. The Morgan fingerprint density at radius 3 is 2.46 bits per heavy atom. The Kier molecular flexibility index (Phi) is 6.59. The number of anilines is 2. The number of benzene rings is 2. The van der Waals surface area contributed by atoms with E-state index in [9.17, 15) is 13.2 Å². The summed E-state index contributed by atoms with van der Waals surface area (Å²) in [7, 11) is -2.33. The van der Waals surface area contributed by atoms with E-state index < -0.39 is 15.9 Å². The highest BCUT2D eigenvalue weighted by Gasteiger charge is 2.23. The van der Waals surface area contributed by atoms with Crippen LogP contribution in [0.1, 0.15) is 19.3 Å². The standard InChI is InChI=1S/C20H24ClN3O3S/c1-23(28(26,27)17-8-4-2-5-9-17)15-20(25)22-18-14-16(21)10-11-19(18)24-12-6-3-7-13-24/h2,4-5,8-11,14H,3,6-7,12-13,15H2,1H3,(H,22,25). The Labute approximate surface area is 171 Å². The van der Waals surface area contributed by atoms with Gasteiger partial charge in [-0.25, -0.2) is 8.42 Å². The molecule has 2 aromatic rings. The van der Waals surface area contributed by atoms with Crippen LogP contribution < -0.4 is 10.2 Å². The molecule has 1 N–H and O–H groups in total. The molecular weight excluding hydrogens is 398 g/mol. The van der Waals surface area contributed by atoms with Gasteiger partial charge in [-0.15, -0.1) is 0 Å². The SMILES string of the molecule is CN(CC(=O)Nc1cc(Cl)ccc1N1CCCCC1)S(=O)(=O)c1ccccc1. The number of carbonyl (C=O) groups excluding carboxylic acids is 1. The molecule has 1 fully saturated rings. The number of hydrogen-bond donors (Lipinski definition) is 1. The maximum absolute atomic E-state index is 12.6. The fourth-order valence-electron chi connectivity index (χ4n) is 3.27. The van der Waals surface area contributed by atoms with Crippen molar-refractivity contribution < 1.29 is 13.2 Å². The minimum absolute atomic E-state index is 0.155. The maximum Gasteiger partial charge on any atom is 0.243 e. The lowest BCUT2D eigenvalue weighted by atomic mass is 10.1. The first-order chi connectivity index (χ1) is 13.4. The highest BCUT2D eigenvalue weighted by atomic mass is 35.5. The summed E-state index contributed by atoms with van der Waals surface area (Å²) in [6, 6.07) is 13.5. The van der Waals surface area contributed by atoms with Crippen molar-refractivity contribution in [3.63, 3.8) is 0 Å². The van der Waals surface area contributed by atoms with Gasteiger partial charge in [0.05, 0.1) is 22.8 Å². The number of likely N-dealkylation sites (N-methyl/N-ethyl adjacent to an activating group) is 1. The summed E-state index contributed by atoms with van der Waals surface area (Å²) < 4.78 is 26.3. The topological polar surface area (TPSA) is 69.7 Å². The molecule has 8 heteroatoms. The fourth-order valence-corrected chi connectivity index (χ4v) is 4.59. The van der Waals surface area contributed by atoms with Gasteiger partial charge in [-0.1, -0.05) is 29.8 Å². The highest BCUT2D eigenvalue weighted by Crippen LogP contribution is 2.31. The van der Waals surface area contributed by atoms with Crippen molar-refractivity contribution in [2.45, 2.75) is 24.2 Å². The zero-order valence-electron chi connectivity index (χ0n) is 15.8. The largest absolute Gasteiger partial charge is 0.370 e. The van der Waals surface area contributed by atoms with Crippen LogP contribution in [0.15, 0.2) is 53.4 Å². The molecule has 2 aromatic carbocycles. The maximum atomic E-state index is 12.6. The van der Waals surface area contributed by atoms with E-state index in [0.717, 1.165) is 35.9 Å². The Bertz CT molecular complexity index is 929. The van der Waals surface area contributed by atoms with E-state index in [0.29, 0.717) is 10.7 Å². The molecule has 1 saturated heterocycles. The summed E-state index contributed by atoms with van der Waals surface area (Å²) >= 11 is 6.12. The van der Waals surface area contributed by atoms with E-state index in [1.165, 1.54) is 25.6 Å². The summed E-state index contributed by atoms with van der Waals surface area (Å²) in [5.41, 5.74) is 1.51. The second-order valence-electron chi connectivity index (χ2n) is 6.83. The zero-order valence-corrected chi connectivity index (χ0v) is 17.3. The van der Waals surface area contributed by atoms with Crippen molar-refractivity contribution >= 4 is 38.9 Å². The van der Waals surface area contributed by atoms with E-state index in [4.69, 9.17) is 11.6 Å². The van der Waals surface area contributed by atoms with Gasteiger partial charge >= 0.3 is 0 Å². The quantitative estimate of drug-likeness (QED) is 0.773. The van der Waals surface area contributed by atoms with Crippen molar-refractivity contribution in [2.75, 3.05) is 36.9 Å². The van der Waals surface area contributed by atoms with E-state index >= 15 is 0 Å². The lowest BCUT2D eigenvalue weighted by Crippen LogP contribution is -2.35. The number of piperidine rings is 1. The Hall–Kier alpha value is -2.09. The smallest absolute Gasteiger partial charge is 0.243 e. The van der Waals surface area contributed by atoms with Crippen LogP contribution >= 0.6 is 11.6 Å². The number of nitrogens with zero attached hydrogens (tertiary/aromatic N) is 2. The van der Waals surface area contributed by atoms with Gasteiger partial charge in [-0.05, 0) is 49.6 Å². The molecule has 0 radical (unpaired) electrons. The lowest BCUT2D eigenvalue weighted by molar-refractivity contribution is -0.116. The minimum Gasteiger partial charge on any atom is -0.370 e. The predicted octanol–water partition coefficient (Wildman–Crippen LogP) is 3.59. The molecule has 0 aliphatic carbocycles. The van der Waals surface area contributed by atoms with Crippen molar-refractivity contribution in [1.82, 2.24) is 4.31 Å². The second-order valence-corrected chi connectivity index (χ2v) is 9.31. The van der Waals surface area contributed by atoms with Gasteiger partial charge in [-0.2, -0.15) is 4.31 Å². The van der Waals surface area contributed by atoms with Crippen LogP contribution in [-0.4, -0.2) is 45.3 Å². The Balaban J connectivity index is 1.73. The van der Waals surface area contributed by atoms with Crippen LogP contribution in [-0.2, 0) is 14.8 Å². The van der Waals surface area contributed by atoms with Gasteiger partial charge in [0.15, 0.2) is 0 Å². The third-order valence-electron chi connectivity index (χ3n) is 4.75. The number of amides is 1. The Morgan fingerprint density at radius 1 is 1.11 bits per heavy atom. The average Bonchev–Trinajstić information content (AvgIpc) is 2.69. The van der Waals surface area contributed by atoms with Gasteiger partial charge in [-0.3, -0.25) is 4.79 Å². The van der Waals surface area contributed by atoms with Gasteiger partial charge in [0.2, 0.25) is 15.9 Å². The molecule has 1 aliphatic rings. The van der Waals surface area contributed by atoms with Gasteiger partial charge < -0.3 is 10.2 Å². The van der Waals surface area contributed by atoms with Crippen molar-refractivity contribution in [3.05, 3.63) is 53.6 Å². The van der Waals surface area contributed by atoms with Crippen molar-refractivity contribution in [2.24, 2.45) is 0 Å². The summed E-state index contributed by atoms with van der Waals surface area (Å²) in [5.74, 6) is -0.414. The first-order valence-electron chi connectivity index (χ1n) is 9.23. The summed E-state index contributed by atoms with van der Waals surface area (Å²) in [4.78, 5) is 14.9. The molecule has 0 bridgehead atoms. The number of nitrogens with one attached hydrogen (secondary N) is 1. The first-order valence-corrected chi connectivity index (χ1v) is 11.1. The van der Waals surface area contributed by atoms with Crippen LogP contribution in [0.5, 0.6) is 0 Å². The molecule has 0 saturated carbocycles. The number of rotatable bonds is 6. The molecular formula is C20H24ClN3O3S. The summed E-state index contributed by atoms with van der Waals surface area (Å²) in [6.45, 7) is 1.56. The van der Waals surface area contributed by atoms with Crippen LogP contribution in [0.25, 0.3) is 0 Å². The van der Waals surface area contributed by atoms with Gasteiger partial charge in [0.1, 0.15) is 0 Å². The molecule has 3 rings (SSSR count). The number of hydrogen-bond acceptors (Lipinski definition) is 4. The first kappa shape index (κ1) is 20.6. The van der Waals surface area contributed by atoms with E-state index in [2.05, 4.69) is 10.2 Å². The number of halogens is 1. The van der Waals surface area contributed by atoms with E-state index in [1.54, 1.807) is 30.3 Å². The Morgan fingerprint density at radius 2 is 1.79 bits per heavy atom. The molecule has 0 spiro atoms. The molecule has 0 atom stereocenters. The second kappa shape index (κ2) is 8.94. The van der Waals surface area contributed by atoms with Crippen LogP contribution in [0, 0.1) is 0 Å². The monoisotopic (exact) mass is 421 g/mol. The number of carbonyl (C=O) groups is 1. The summed E-state index contributed by atoms with van der Waals surface area (Å²) in [6.07, 6.45) is 3.41. The average molecular weight is 422 g/mol. The molecule has 150 valence electrons. The third-order valence-corrected chi connectivity index (χ3v) is 6.80. The van der Waals surface area contributed by atoms with Crippen molar-refractivity contribution in [3.8, 4) is 0 Å².